The van der Waals surface area contributed by atoms with Crippen LogP contribution in [-0.2, 0) is 0 Å². The summed E-state index contributed by atoms with van der Waals surface area (Å²) in [5, 5.41) is 0. The average Bonchev–Trinajstić information content (AvgIpc) is 3.34. The first kappa shape index (κ1) is 14.6. The third-order valence-electron chi connectivity index (χ3n) is 4.29. The van der Waals surface area contributed by atoms with Gasteiger partial charge < -0.3 is 9.88 Å². The number of carbonyl (C=O) groups excluding carboxylic acids is 1. The van der Waals surface area contributed by atoms with E-state index >= 15 is 0 Å². The summed E-state index contributed by atoms with van der Waals surface area (Å²) in [5.74, 6) is 0.743. The van der Waals surface area contributed by atoms with Gasteiger partial charge in [0.2, 0.25) is 0 Å². The van der Waals surface area contributed by atoms with Crippen molar-refractivity contribution >= 4 is 5.91 Å². The van der Waals surface area contributed by atoms with Crippen molar-refractivity contribution in [2.24, 2.45) is 0 Å². The number of aromatic nitrogens is 4. The van der Waals surface area contributed by atoms with E-state index in [0.29, 0.717) is 17.1 Å². The Kier molecular flexibility index (Phi) is 3.78. The second-order valence-corrected chi connectivity index (χ2v) is 5.79. The van der Waals surface area contributed by atoms with Gasteiger partial charge in [-0.1, -0.05) is 18.2 Å². The Morgan fingerprint density at radius 2 is 2.00 bits per heavy atom. The predicted molar refractivity (Wildman–Crippen MR) is 89.1 cm³/mol. The topological polar surface area (TPSA) is 74.8 Å². The molecule has 1 unspecified atom stereocenters. The van der Waals surface area contributed by atoms with Crippen molar-refractivity contribution in [2.75, 3.05) is 6.54 Å². The van der Waals surface area contributed by atoms with Crippen LogP contribution in [0.5, 0.6) is 0 Å². The van der Waals surface area contributed by atoms with E-state index in [1.54, 1.807) is 24.8 Å². The largest absolute Gasteiger partial charge is 0.343 e. The maximum Gasteiger partial charge on any atom is 0.254 e. The zero-order chi connectivity index (χ0) is 16.4. The first-order valence-corrected chi connectivity index (χ1v) is 8.00. The van der Waals surface area contributed by atoms with Gasteiger partial charge in [-0.25, -0.2) is 9.97 Å². The van der Waals surface area contributed by atoms with Crippen LogP contribution in [0.2, 0.25) is 0 Å². The Morgan fingerprint density at radius 3 is 2.71 bits per heavy atom. The molecule has 4 rings (SSSR count). The zero-order valence-corrected chi connectivity index (χ0v) is 13.1. The van der Waals surface area contributed by atoms with Crippen molar-refractivity contribution in [3.8, 4) is 11.5 Å². The van der Waals surface area contributed by atoms with Crippen LogP contribution in [0.1, 0.15) is 34.9 Å². The molecule has 0 aliphatic carbocycles. The van der Waals surface area contributed by atoms with Gasteiger partial charge >= 0.3 is 0 Å². The van der Waals surface area contributed by atoms with Crippen LogP contribution < -0.4 is 0 Å². The van der Waals surface area contributed by atoms with Crippen LogP contribution in [0.25, 0.3) is 11.5 Å². The van der Waals surface area contributed by atoms with Gasteiger partial charge in [-0.05, 0) is 25.0 Å². The SMILES string of the molecule is O=C(c1ccccc1)N1CCCC1c1cnc(-c2ncc[nH]2)cn1. The van der Waals surface area contributed by atoms with Gasteiger partial charge in [-0.3, -0.25) is 9.78 Å². The Balaban J connectivity index is 1.58. The van der Waals surface area contributed by atoms with Gasteiger partial charge in [0.1, 0.15) is 5.69 Å². The van der Waals surface area contributed by atoms with Crippen LogP contribution in [0, 0.1) is 0 Å². The highest BCUT2D eigenvalue weighted by Gasteiger charge is 2.31. The fourth-order valence-corrected chi connectivity index (χ4v) is 3.10. The van der Waals surface area contributed by atoms with Crippen molar-refractivity contribution in [3.05, 3.63) is 66.4 Å². The van der Waals surface area contributed by atoms with Crippen LogP contribution in [0.15, 0.2) is 55.1 Å². The number of hydrogen-bond acceptors (Lipinski definition) is 4. The third kappa shape index (κ3) is 2.67. The summed E-state index contributed by atoms with van der Waals surface area (Å²) in [5.41, 5.74) is 2.24. The molecule has 3 aromatic rings. The zero-order valence-electron chi connectivity index (χ0n) is 13.1. The monoisotopic (exact) mass is 319 g/mol. The molecule has 0 spiro atoms. The molecule has 1 atom stereocenters. The molecule has 6 heteroatoms. The second-order valence-electron chi connectivity index (χ2n) is 5.79. The molecule has 1 saturated heterocycles. The Morgan fingerprint density at radius 1 is 1.12 bits per heavy atom. The average molecular weight is 319 g/mol. The summed E-state index contributed by atoms with van der Waals surface area (Å²) in [6.07, 6.45) is 8.78. The van der Waals surface area contributed by atoms with Crippen molar-refractivity contribution < 1.29 is 4.79 Å². The van der Waals surface area contributed by atoms with E-state index in [9.17, 15) is 4.79 Å². The third-order valence-corrected chi connectivity index (χ3v) is 4.29. The Labute approximate surface area is 139 Å². The standard InChI is InChI=1S/C18H17N5O/c24-18(13-5-2-1-3-6-13)23-10-4-7-16(23)14-11-22-15(12-21-14)17-19-8-9-20-17/h1-3,5-6,8-9,11-12,16H,4,7,10H2,(H,19,20). The van der Waals surface area contributed by atoms with Crippen LogP contribution in [0.4, 0.5) is 0 Å². The number of hydrogen-bond donors (Lipinski definition) is 1. The smallest absolute Gasteiger partial charge is 0.254 e. The van der Waals surface area contributed by atoms with Crippen LogP contribution in [-0.4, -0.2) is 37.3 Å². The number of rotatable bonds is 3. The first-order valence-electron chi connectivity index (χ1n) is 8.00. The Hall–Kier alpha value is -3.02. The number of imidazole rings is 1. The summed E-state index contributed by atoms with van der Waals surface area (Å²) < 4.78 is 0. The summed E-state index contributed by atoms with van der Waals surface area (Å²) in [4.78, 5) is 30.8. The molecule has 1 aliphatic rings. The maximum absolute atomic E-state index is 12.7. The lowest BCUT2D eigenvalue weighted by molar-refractivity contribution is 0.0732. The van der Waals surface area contributed by atoms with E-state index in [-0.39, 0.29) is 11.9 Å². The van der Waals surface area contributed by atoms with Gasteiger partial charge in [0, 0.05) is 24.5 Å². The minimum atomic E-state index is -0.0177. The van der Waals surface area contributed by atoms with Gasteiger partial charge in [0.05, 0.1) is 24.1 Å². The van der Waals surface area contributed by atoms with E-state index < -0.39 is 0 Å². The number of carbonyl (C=O) groups is 1. The number of benzene rings is 1. The Bertz CT molecular complexity index is 814. The van der Waals surface area contributed by atoms with E-state index in [0.717, 1.165) is 25.1 Å². The molecule has 1 N–H and O–H groups in total. The minimum Gasteiger partial charge on any atom is -0.343 e. The second kappa shape index (κ2) is 6.23. The van der Waals surface area contributed by atoms with Gasteiger partial charge in [-0.2, -0.15) is 0 Å². The number of aromatic amines is 1. The minimum absolute atomic E-state index is 0.0177. The summed E-state index contributed by atoms with van der Waals surface area (Å²) in [6.45, 7) is 0.750. The predicted octanol–water partition coefficient (Wildman–Crippen LogP) is 2.84. The lowest BCUT2D eigenvalue weighted by Crippen LogP contribution is -2.31. The lowest BCUT2D eigenvalue weighted by atomic mass is 10.1. The highest BCUT2D eigenvalue weighted by molar-refractivity contribution is 5.94. The van der Waals surface area contributed by atoms with Crippen molar-refractivity contribution in [1.82, 2.24) is 24.8 Å². The number of nitrogens with one attached hydrogen (secondary N) is 1. The van der Waals surface area contributed by atoms with Gasteiger partial charge in [0.25, 0.3) is 5.91 Å². The molecule has 24 heavy (non-hydrogen) atoms. The molecular weight excluding hydrogens is 302 g/mol. The van der Waals surface area contributed by atoms with Crippen molar-refractivity contribution in [2.45, 2.75) is 18.9 Å². The quantitative estimate of drug-likeness (QED) is 0.805. The molecule has 0 radical (unpaired) electrons. The number of amides is 1. The van der Waals surface area contributed by atoms with E-state index in [4.69, 9.17) is 0 Å². The number of H-pyrrole nitrogens is 1. The molecular formula is C18H17N5O. The van der Waals surface area contributed by atoms with Crippen molar-refractivity contribution in [1.29, 1.82) is 0 Å². The first-order chi connectivity index (χ1) is 11.8. The molecule has 1 aliphatic heterocycles. The van der Waals surface area contributed by atoms with Crippen molar-refractivity contribution in [3.63, 3.8) is 0 Å². The molecule has 2 aromatic heterocycles. The molecule has 120 valence electrons. The van der Waals surface area contributed by atoms with Gasteiger partial charge in [0.15, 0.2) is 5.82 Å². The molecule has 1 fully saturated rings. The molecule has 0 saturated carbocycles. The normalized spacial score (nSPS) is 17.2. The summed E-state index contributed by atoms with van der Waals surface area (Å²) in [7, 11) is 0. The number of likely N-dealkylation sites (tertiary alicyclic amines) is 1. The van der Waals surface area contributed by atoms with Crippen LogP contribution >= 0.6 is 0 Å². The van der Waals surface area contributed by atoms with Crippen LogP contribution in [0.3, 0.4) is 0 Å². The molecule has 0 bridgehead atoms. The summed E-state index contributed by atoms with van der Waals surface area (Å²) in [6, 6.07) is 9.37. The van der Waals surface area contributed by atoms with E-state index in [1.165, 1.54) is 0 Å². The number of nitrogens with zero attached hydrogens (tertiary/aromatic N) is 4. The molecule has 1 amide bonds. The maximum atomic E-state index is 12.7. The van der Waals surface area contributed by atoms with E-state index in [1.807, 2.05) is 35.2 Å². The highest BCUT2D eigenvalue weighted by Crippen LogP contribution is 2.32. The molecule has 1 aromatic carbocycles. The fourth-order valence-electron chi connectivity index (χ4n) is 3.10. The highest BCUT2D eigenvalue weighted by atomic mass is 16.2. The molecule has 3 heterocycles. The fraction of sp³-hybridized carbons (Fsp3) is 0.222. The molecule has 6 nitrogen and oxygen atoms in total. The summed E-state index contributed by atoms with van der Waals surface area (Å²) >= 11 is 0. The lowest BCUT2D eigenvalue weighted by Gasteiger charge is -2.24. The van der Waals surface area contributed by atoms with Gasteiger partial charge in [-0.15, -0.1) is 0 Å². The van der Waals surface area contributed by atoms with E-state index in [2.05, 4.69) is 19.9 Å².